The number of hydrogen-bond acceptors (Lipinski definition) is 1. The van der Waals surface area contributed by atoms with E-state index in [1.807, 2.05) is 0 Å². The van der Waals surface area contributed by atoms with Crippen LogP contribution in [0, 0.1) is 0 Å². The smallest absolute Gasteiger partial charge is 0.0390 e. The van der Waals surface area contributed by atoms with Crippen LogP contribution in [0.25, 0.3) is 54.9 Å². The Morgan fingerprint density at radius 1 is 0.308 bits per heavy atom. The molecule has 0 amide bonds. The van der Waals surface area contributed by atoms with Crippen LogP contribution in [0.1, 0.15) is 0 Å². The van der Waals surface area contributed by atoms with Gasteiger partial charge in [0.15, 0.2) is 0 Å². The lowest BCUT2D eigenvalue weighted by Gasteiger charge is -2.12. The van der Waals surface area contributed by atoms with Gasteiger partial charge in [-0.15, -0.1) is 0 Å². The topological polar surface area (TPSA) is 12.0 Å². The summed E-state index contributed by atoms with van der Waals surface area (Å²) in [6.45, 7) is 0. The van der Waals surface area contributed by atoms with E-state index < -0.39 is 0 Å². The van der Waals surface area contributed by atoms with E-state index in [1.54, 1.807) is 0 Å². The SMILES string of the molecule is c1cc(Nc2ccc(-c3ccc(-c4cccc5ccccc45)cc3)cc2)cc(-c2cccc3ccccc23)c1. The largest absolute Gasteiger partial charge is 0.356 e. The first-order valence-corrected chi connectivity index (χ1v) is 13.4. The third-order valence-electron chi connectivity index (χ3n) is 7.46. The van der Waals surface area contributed by atoms with E-state index in [0.29, 0.717) is 0 Å². The highest BCUT2D eigenvalue weighted by atomic mass is 14.9. The lowest BCUT2D eigenvalue weighted by atomic mass is 9.96. The zero-order valence-corrected chi connectivity index (χ0v) is 21.5. The molecule has 0 aliphatic heterocycles. The molecule has 0 aromatic heterocycles. The summed E-state index contributed by atoms with van der Waals surface area (Å²) >= 11 is 0. The van der Waals surface area contributed by atoms with Gasteiger partial charge in [-0.2, -0.15) is 0 Å². The summed E-state index contributed by atoms with van der Waals surface area (Å²) in [5, 5.41) is 8.67. The predicted molar refractivity (Wildman–Crippen MR) is 167 cm³/mol. The zero-order valence-electron chi connectivity index (χ0n) is 21.5. The van der Waals surface area contributed by atoms with Crippen LogP contribution in [0.2, 0.25) is 0 Å². The van der Waals surface area contributed by atoms with Crippen molar-refractivity contribution in [2.24, 2.45) is 0 Å². The van der Waals surface area contributed by atoms with Gasteiger partial charge in [-0.3, -0.25) is 0 Å². The molecule has 0 saturated carbocycles. The van der Waals surface area contributed by atoms with Gasteiger partial charge in [0, 0.05) is 11.4 Å². The molecule has 0 bridgehead atoms. The molecule has 1 nitrogen and oxygen atoms in total. The number of rotatable bonds is 5. The first kappa shape index (κ1) is 23.0. The van der Waals surface area contributed by atoms with E-state index in [1.165, 1.54) is 54.9 Å². The fourth-order valence-corrected chi connectivity index (χ4v) is 5.47. The van der Waals surface area contributed by atoms with Gasteiger partial charge in [0.05, 0.1) is 0 Å². The van der Waals surface area contributed by atoms with Crippen molar-refractivity contribution in [3.05, 3.63) is 158 Å². The minimum absolute atomic E-state index is 1.07. The lowest BCUT2D eigenvalue weighted by molar-refractivity contribution is 1.53. The van der Waals surface area contributed by atoms with Crippen LogP contribution in [0.5, 0.6) is 0 Å². The predicted octanol–water partition coefficient (Wildman–Crippen LogP) is 10.7. The second-order valence-corrected chi connectivity index (χ2v) is 9.91. The first-order chi connectivity index (χ1) is 19.3. The highest BCUT2D eigenvalue weighted by molar-refractivity contribution is 5.98. The minimum Gasteiger partial charge on any atom is -0.356 e. The van der Waals surface area contributed by atoms with Crippen molar-refractivity contribution in [3.8, 4) is 33.4 Å². The van der Waals surface area contributed by atoms with Crippen molar-refractivity contribution in [1.29, 1.82) is 0 Å². The lowest BCUT2D eigenvalue weighted by Crippen LogP contribution is -1.91. The maximum atomic E-state index is 3.59. The zero-order chi connectivity index (χ0) is 26.0. The molecule has 0 atom stereocenters. The van der Waals surface area contributed by atoms with Crippen LogP contribution in [0.4, 0.5) is 11.4 Å². The number of benzene rings is 7. The molecule has 0 aliphatic carbocycles. The second kappa shape index (κ2) is 9.96. The Bertz CT molecular complexity index is 1900. The molecule has 184 valence electrons. The fourth-order valence-electron chi connectivity index (χ4n) is 5.47. The standard InChI is InChI=1S/C38H27N/c1-3-14-35-29(8-1)10-6-16-37(35)31-20-18-27(19-21-31)28-22-24-33(25-23-28)39-34-13-5-12-32(26-34)38-17-7-11-30-9-2-4-15-36(30)38/h1-26,39H. The molecule has 39 heavy (non-hydrogen) atoms. The van der Waals surface area contributed by atoms with Crippen LogP contribution in [-0.4, -0.2) is 0 Å². The van der Waals surface area contributed by atoms with Gasteiger partial charge in [0.25, 0.3) is 0 Å². The summed E-state index contributed by atoms with van der Waals surface area (Å²) < 4.78 is 0. The molecular formula is C38H27N. The molecule has 0 fully saturated rings. The first-order valence-electron chi connectivity index (χ1n) is 13.4. The average molecular weight is 498 g/mol. The van der Waals surface area contributed by atoms with Crippen molar-refractivity contribution in [3.63, 3.8) is 0 Å². The van der Waals surface area contributed by atoms with Crippen molar-refractivity contribution < 1.29 is 0 Å². The highest BCUT2D eigenvalue weighted by Gasteiger charge is 2.07. The third kappa shape index (κ3) is 4.56. The summed E-state index contributed by atoms with van der Waals surface area (Å²) in [7, 11) is 0. The van der Waals surface area contributed by atoms with E-state index >= 15 is 0 Å². The Labute approximate surface area is 229 Å². The van der Waals surface area contributed by atoms with Gasteiger partial charge in [-0.25, -0.2) is 0 Å². The van der Waals surface area contributed by atoms with E-state index in [-0.39, 0.29) is 0 Å². The second-order valence-electron chi connectivity index (χ2n) is 9.91. The van der Waals surface area contributed by atoms with Gasteiger partial charge in [-0.1, -0.05) is 133 Å². The maximum absolute atomic E-state index is 3.59. The number of anilines is 2. The molecule has 0 aliphatic rings. The van der Waals surface area contributed by atoms with Crippen LogP contribution in [0.15, 0.2) is 158 Å². The van der Waals surface area contributed by atoms with Crippen LogP contribution >= 0.6 is 0 Å². The molecule has 7 aromatic carbocycles. The summed E-state index contributed by atoms with van der Waals surface area (Å²) in [6, 6.07) is 56.3. The third-order valence-corrected chi connectivity index (χ3v) is 7.46. The molecule has 1 N–H and O–H groups in total. The Kier molecular flexibility index (Phi) is 5.88. The van der Waals surface area contributed by atoms with Gasteiger partial charge in [0.1, 0.15) is 0 Å². The Balaban J connectivity index is 1.11. The summed E-state index contributed by atoms with van der Waals surface area (Å²) in [4.78, 5) is 0. The van der Waals surface area contributed by atoms with E-state index in [0.717, 1.165) is 11.4 Å². The summed E-state index contributed by atoms with van der Waals surface area (Å²) in [6.07, 6.45) is 0. The van der Waals surface area contributed by atoms with Gasteiger partial charge in [0.2, 0.25) is 0 Å². The van der Waals surface area contributed by atoms with E-state index in [4.69, 9.17) is 0 Å². The molecule has 0 heterocycles. The molecule has 0 spiro atoms. The molecule has 0 unspecified atom stereocenters. The van der Waals surface area contributed by atoms with Crippen molar-refractivity contribution in [1.82, 2.24) is 0 Å². The van der Waals surface area contributed by atoms with Crippen LogP contribution in [-0.2, 0) is 0 Å². The molecular weight excluding hydrogens is 470 g/mol. The maximum Gasteiger partial charge on any atom is 0.0390 e. The fraction of sp³-hybridized carbons (Fsp3) is 0. The molecule has 1 heteroatoms. The van der Waals surface area contributed by atoms with Gasteiger partial charge >= 0.3 is 0 Å². The Morgan fingerprint density at radius 2 is 0.795 bits per heavy atom. The summed E-state index contributed by atoms with van der Waals surface area (Å²) in [5.41, 5.74) is 9.52. The van der Waals surface area contributed by atoms with Gasteiger partial charge < -0.3 is 5.32 Å². The van der Waals surface area contributed by atoms with Crippen LogP contribution < -0.4 is 5.32 Å². The number of hydrogen-bond donors (Lipinski definition) is 1. The molecule has 0 radical (unpaired) electrons. The van der Waals surface area contributed by atoms with Crippen molar-refractivity contribution in [2.45, 2.75) is 0 Å². The normalized spacial score (nSPS) is 11.1. The molecule has 0 saturated heterocycles. The number of nitrogens with one attached hydrogen (secondary N) is 1. The van der Waals surface area contributed by atoms with Crippen LogP contribution in [0.3, 0.4) is 0 Å². The van der Waals surface area contributed by atoms with E-state index in [2.05, 4.69) is 163 Å². The Morgan fingerprint density at radius 3 is 1.44 bits per heavy atom. The summed E-state index contributed by atoms with van der Waals surface area (Å²) in [5.74, 6) is 0. The number of fused-ring (bicyclic) bond motifs is 2. The molecule has 7 rings (SSSR count). The average Bonchev–Trinajstić information content (AvgIpc) is 3.01. The quantitative estimate of drug-likeness (QED) is 0.249. The Hall–Kier alpha value is -5.14. The van der Waals surface area contributed by atoms with Crippen molar-refractivity contribution in [2.75, 3.05) is 5.32 Å². The van der Waals surface area contributed by atoms with Crippen molar-refractivity contribution >= 4 is 32.9 Å². The minimum atomic E-state index is 1.07. The monoisotopic (exact) mass is 497 g/mol. The molecule has 7 aromatic rings. The van der Waals surface area contributed by atoms with E-state index in [9.17, 15) is 0 Å². The highest BCUT2D eigenvalue weighted by Crippen LogP contribution is 2.33. The van der Waals surface area contributed by atoms with Gasteiger partial charge in [-0.05, 0) is 79.2 Å².